The summed E-state index contributed by atoms with van der Waals surface area (Å²) in [4.78, 5) is 36.8. The standard InChI is InChI=1S/C12H23N3O4/c1-8(2)6-9(11(17)18)13-12(19)15(5)7-10(16)14(3)4/h8-9H,6-7H2,1-5H3,(H,13,19)(H,17,18)/t9-/m1/s1. The smallest absolute Gasteiger partial charge is 0.326 e. The fourth-order valence-corrected chi connectivity index (χ4v) is 1.37. The van der Waals surface area contributed by atoms with E-state index in [1.54, 1.807) is 14.1 Å². The van der Waals surface area contributed by atoms with Crippen LogP contribution in [0.1, 0.15) is 20.3 Å². The summed E-state index contributed by atoms with van der Waals surface area (Å²) in [5.74, 6) is -1.15. The predicted molar refractivity (Wildman–Crippen MR) is 70.7 cm³/mol. The molecule has 0 bridgehead atoms. The fraction of sp³-hybridized carbons (Fsp3) is 0.750. The molecule has 0 unspecified atom stereocenters. The number of hydrogen-bond donors (Lipinski definition) is 2. The maximum absolute atomic E-state index is 11.8. The molecule has 0 fully saturated rings. The molecule has 0 aliphatic carbocycles. The summed E-state index contributed by atoms with van der Waals surface area (Å²) in [6.45, 7) is 3.66. The Hall–Kier alpha value is -1.79. The molecule has 7 heteroatoms. The zero-order chi connectivity index (χ0) is 15.2. The van der Waals surface area contributed by atoms with E-state index < -0.39 is 18.0 Å². The lowest BCUT2D eigenvalue weighted by Gasteiger charge is -2.23. The van der Waals surface area contributed by atoms with Crippen molar-refractivity contribution in [3.8, 4) is 0 Å². The molecule has 19 heavy (non-hydrogen) atoms. The molecule has 2 N–H and O–H groups in total. The summed E-state index contributed by atoms with van der Waals surface area (Å²) in [6.07, 6.45) is 0.344. The lowest BCUT2D eigenvalue weighted by atomic mass is 10.0. The van der Waals surface area contributed by atoms with E-state index in [1.165, 1.54) is 16.8 Å². The maximum atomic E-state index is 11.8. The minimum atomic E-state index is -1.07. The topological polar surface area (TPSA) is 90.0 Å². The van der Waals surface area contributed by atoms with Gasteiger partial charge in [0.15, 0.2) is 0 Å². The lowest BCUT2D eigenvalue weighted by Crippen LogP contribution is -2.49. The first-order chi connectivity index (χ1) is 8.65. The molecule has 3 amide bonds. The number of likely N-dealkylation sites (N-methyl/N-ethyl adjacent to an activating group) is 2. The van der Waals surface area contributed by atoms with Gasteiger partial charge < -0.3 is 20.2 Å². The minimum Gasteiger partial charge on any atom is -0.480 e. The molecule has 0 aromatic carbocycles. The number of carbonyl (C=O) groups excluding carboxylic acids is 2. The molecular weight excluding hydrogens is 250 g/mol. The average Bonchev–Trinajstić information content (AvgIpc) is 2.26. The van der Waals surface area contributed by atoms with E-state index in [9.17, 15) is 14.4 Å². The third-order valence-corrected chi connectivity index (χ3v) is 2.52. The van der Waals surface area contributed by atoms with Gasteiger partial charge in [-0.3, -0.25) is 4.79 Å². The van der Waals surface area contributed by atoms with Crippen molar-refractivity contribution in [1.29, 1.82) is 0 Å². The normalized spacial score (nSPS) is 11.9. The van der Waals surface area contributed by atoms with E-state index in [4.69, 9.17) is 5.11 Å². The first-order valence-corrected chi connectivity index (χ1v) is 6.09. The molecule has 0 spiro atoms. The molecule has 7 nitrogen and oxygen atoms in total. The monoisotopic (exact) mass is 273 g/mol. The second-order valence-electron chi connectivity index (χ2n) is 5.11. The lowest BCUT2D eigenvalue weighted by molar-refractivity contribution is -0.139. The number of rotatable bonds is 6. The summed E-state index contributed by atoms with van der Waals surface area (Å²) in [6, 6.07) is -1.51. The molecule has 0 radical (unpaired) electrons. The third kappa shape index (κ3) is 6.64. The van der Waals surface area contributed by atoms with Crippen molar-refractivity contribution >= 4 is 17.9 Å². The molecule has 0 aromatic rings. The molecule has 0 aliphatic rings. The third-order valence-electron chi connectivity index (χ3n) is 2.52. The molecule has 0 saturated heterocycles. The Morgan fingerprint density at radius 2 is 1.68 bits per heavy atom. The molecule has 0 aliphatic heterocycles. The van der Waals surface area contributed by atoms with Crippen LogP contribution in [0.15, 0.2) is 0 Å². The van der Waals surface area contributed by atoms with Crippen molar-refractivity contribution in [1.82, 2.24) is 15.1 Å². The first kappa shape index (κ1) is 17.2. The van der Waals surface area contributed by atoms with Gasteiger partial charge >= 0.3 is 12.0 Å². The van der Waals surface area contributed by atoms with Gasteiger partial charge in [-0.15, -0.1) is 0 Å². The highest BCUT2D eigenvalue weighted by Gasteiger charge is 2.23. The Morgan fingerprint density at radius 3 is 2.05 bits per heavy atom. The van der Waals surface area contributed by atoms with Crippen LogP contribution in [0.4, 0.5) is 4.79 Å². The Bertz CT molecular complexity index is 342. The summed E-state index contributed by atoms with van der Waals surface area (Å²) < 4.78 is 0. The number of carboxylic acid groups (broad SMARTS) is 1. The van der Waals surface area contributed by atoms with Crippen LogP contribution in [0.25, 0.3) is 0 Å². The predicted octanol–water partition coefficient (Wildman–Crippen LogP) is 0.215. The van der Waals surface area contributed by atoms with Crippen molar-refractivity contribution in [3.63, 3.8) is 0 Å². The number of amides is 3. The number of nitrogens with zero attached hydrogens (tertiary/aromatic N) is 2. The Balaban J connectivity index is 4.47. The molecule has 0 heterocycles. The van der Waals surface area contributed by atoms with Gasteiger partial charge in [0.1, 0.15) is 12.6 Å². The Kier molecular flexibility index (Phi) is 6.89. The molecular formula is C12H23N3O4. The number of carbonyl (C=O) groups is 3. The van der Waals surface area contributed by atoms with Crippen molar-refractivity contribution in [2.45, 2.75) is 26.3 Å². The Morgan fingerprint density at radius 1 is 1.16 bits per heavy atom. The highest BCUT2D eigenvalue weighted by atomic mass is 16.4. The molecule has 0 rings (SSSR count). The van der Waals surface area contributed by atoms with Crippen LogP contribution in [-0.4, -0.2) is 66.5 Å². The van der Waals surface area contributed by atoms with Crippen molar-refractivity contribution in [2.24, 2.45) is 5.92 Å². The van der Waals surface area contributed by atoms with E-state index in [-0.39, 0.29) is 18.4 Å². The average molecular weight is 273 g/mol. The second kappa shape index (κ2) is 7.60. The van der Waals surface area contributed by atoms with E-state index in [0.717, 1.165) is 0 Å². The van der Waals surface area contributed by atoms with Crippen molar-refractivity contribution in [2.75, 3.05) is 27.7 Å². The summed E-state index contributed by atoms with van der Waals surface area (Å²) in [5, 5.41) is 11.4. The van der Waals surface area contributed by atoms with Crippen LogP contribution in [-0.2, 0) is 9.59 Å². The van der Waals surface area contributed by atoms with Gasteiger partial charge in [-0.2, -0.15) is 0 Å². The highest BCUT2D eigenvalue weighted by Crippen LogP contribution is 2.05. The van der Waals surface area contributed by atoms with Crippen molar-refractivity contribution < 1.29 is 19.5 Å². The zero-order valence-electron chi connectivity index (χ0n) is 12.1. The number of hydrogen-bond acceptors (Lipinski definition) is 3. The molecule has 1 atom stereocenters. The SMILES string of the molecule is CC(C)C[C@@H](NC(=O)N(C)CC(=O)N(C)C)C(=O)O. The van der Waals surface area contributed by atoms with Crippen molar-refractivity contribution in [3.05, 3.63) is 0 Å². The van der Waals surface area contributed by atoms with Gasteiger partial charge in [-0.25, -0.2) is 9.59 Å². The van der Waals surface area contributed by atoms with Gasteiger partial charge in [0.2, 0.25) is 5.91 Å². The van der Waals surface area contributed by atoms with Crippen LogP contribution in [0.2, 0.25) is 0 Å². The van der Waals surface area contributed by atoms with Gasteiger partial charge in [0.25, 0.3) is 0 Å². The largest absolute Gasteiger partial charge is 0.480 e. The molecule has 110 valence electrons. The van der Waals surface area contributed by atoms with Crippen LogP contribution in [0.3, 0.4) is 0 Å². The Labute approximate surface area is 113 Å². The minimum absolute atomic E-state index is 0.0904. The number of urea groups is 1. The highest BCUT2D eigenvalue weighted by molar-refractivity contribution is 5.86. The number of nitrogens with one attached hydrogen (secondary N) is 1. The van der Waals surface area contributed by atoms with Gasteiger partial charge in [0, 0.05) is 21.1 Å². The second-order valence-corrected chi connectivity index (χ2v) is 5.11. The van der Waals surface area contributed by atoms with E-state index in [0.29, 0.717) is 6.42 Å². The quantitative estimate of drug-likeness (QED) is 0.724. The van der Waals surface area contributed by atoms with Gasteiger partial charge in [-0.05, 0) is 12.3 Å². The van der Waals surface area contributed by atoms with Crippen LogP contribution >= 0.6 is 0 Å². The molecule has 0 aromatic heterocycles. The van der Waals surface area contributed by atoms with Crippen LogP contribution in [0, 0.1) is 5.92 Å². The van der Waals surface area contributed by atoms with Crippen LogP contribution < -0.4 is 5.32 Å². The van der Waals surface area contributed by atoms with E-state index in [1.807, 2.05) is 13.8 Å². The summed E-state index contributed by atoms with van der Waals surface area (Å²) in [7, 11) is 4.63. The fourth-order valence-electron chi connectivity index (χ4n) is 1.37. The summed E-state index contributed by atoms with van der Waals surface area (Å²) >= 11 is 0. The summed E-state index contributed by atoms with van der Waals surface area (Å²) in [5.41, 5.74) is 0. The van der Waals surface area contributed by atoms with E-state index >= 15 is 0 Å². The van der Waals surface area contributed by atoms with Gasteiger partial charge in [-0.1, -0.05) is 13.8 Å². The maximum Gasteiger partial charge on any atom is 0.326 e. The first-order valence-electron chi connectivity index (χ1n) is 6.09. The molecule has 0 saturated carbocycles. The number of aliphatic carboxylic acids is 1. The van der Waals surface area contributed by atoms with E-state index in [2.05, 4.69) is 5.32 Å². The number of carboxylic acids is 1. The van der Waals surface area contributed by atoms with Crippen LogP contribution in [0.5, 0.6) is 0 Å². The zero-order valence-corrected chi connectivity index (χ0v) is 12.1. The van der Waals surface area contributed by atoms with Gasteiger partial charge in [0.05, 0.1) is 0 Å².